The molecule has 0 saturated carbocycles. The average molecular weight is 258 g/mol. The van der Waals surface area contributed by atoms with Gasteiger partial charge in [-0.25, -0.2) is 0 Å². The van der Waals surface area contributed by atoms with Gasteiger partial charge in [-0.1, -0.05) is 25.3 Å². The SMILES string of the molecule is C=CCOC(N)=S.C=CCOC(N)=S.[NaH]. The average Bonchev–Trinajstić information content (AvgIpc) is 2.12. The Morgan fingerprint density at radius 3 is 1.33 bits per heavy atom. The van der Waals surface area contributed by atoms with Crippen LogP contribution in [0.5, 0.6) is 0 Å². The Balaban J connectivity index is -0.000000180. The van der Waals surface area contributed by atoms with E-state index in [4.69, 9.17) is 11.5 Å². The van der Waals surface area contributed by atoms with E-state index in [1.165, 1.54) is 0 Å². The Hall–Kier alpha value is -0.140. The third-order valence-corrected chi connectivity index (χ3v) is 0.923. The molecule has 0 amide bonds. The summed E-state index contributed by atoms with van der Waals surface area (Å²) in [5.74, 6) is 0. The normalized spacial score (nSPS) is 6.93. The Bertz CT molecular complexity index is 191. The van der Waals surface area contributed by atoms with E-state index in [1.807, 2.05) is 0 Å². The predicted octanol–water partition coefficient (Wildman–Crippen LogP) is 0.217. The second-order valence-electron chi connectivity index (χ2n) is 1.84. The summed E-state index contributed by atoms with van der Waals surface area (Å²) >= 11 is 8.74. The number of thiocarbonyl (C=S) groups is 2. The van der Waals surface area contributed by atoms with Crippen LogP contribution in [0.15, 0.2) is 25.3 Å². The van der Waals surface area contributed by atoms with Crippen LogP contribution >= 0.6 is 24.4 Å². The van der Waals surface area contributed by atoms with Crippen LogP contribution < -0.4 is 11.5 Å². The second kappa shape index (κ2) is 16.3. The van der Waals surface area contributed by atoms with Gasteiger partial charge in [0.1, 0.15) is 13.2 Å². The fraction of sp³-hybridized carbons (Fsp3) is 0.250. The Labute approximate surface area is 123 Å². The van der Waals surface area contributed by atoms with E-state index in [-0.39, 0.29) is 39.9 Å². The fourth-order valence-corrected chi connectivity index (χ4v) is 0.418. The first-order chi connectivity index (χ1) is 6.54. The van der Waals surface area contributed by atoms with Crippen LogP contribution in [-0.2, 0) is 9.47 Å². The maximum atomic E-state index is 4.94. The van der Waals surface area contributed by atoms with Gasteiger partial charge < -0.3 is 20.9 Å². The summed E-state index contributed by atoms with van der Waals surface area (Å²) in [6.45, 7) is 7.58. The molecule has 0 spiro atoms. The summed E-state index contributed by atoms with van der Waals surface area (Å²) in [5, 5.41) is 0.139. The van der Waals surface area contributed by atoms with Gasteiger partial charge >= 0.3 is 29.6 Å². The minimum atomic E-state index is 0. The monoisotopic (exact) mass is 258 g/mol. The van der Waals surface area contributed by atoms with Crippen molar-refractivity contribution in [2.45, 2.75) is 0 Å². The van der Waals surface area contributed by atoms with Gasteiger partial charge in [0.2, 0.25) is 0 Å². The van der Waals surface area contributed by atoms with Crippen LogP contribution in [-0.4, -0.2) is 53.1 Å². The van der Waals surface area contributed by atoms with Crippen LogP contribution in [0.25, 0.3) is 0 Å². The summed E-state index contributed by atoms with van der Waals surface area (Å²) in [4.78, 5) is 0. The molecule has 0 aliphatic rings. The summed E-state index contributed by atoms with van der Waals surface area (Å²) in [5.41, 5.74) is 9.88. The molecule has 82 valence electrons. The van der Waals surface area contributed by atoms with Gasteiger partial charge in [-0.3, -0.25) is 0 Å². The molecular weight excluding hydrogens is 243 g/mol. The van der Waals surface area contributed by atoms with Gasteiger partial charge in [-0.15, -0.1) is 0 Å². The molecule has 15 heavy (non-hydrogen) atoms. The number of nitrogens with two attached hydrogens (primary N) is 2. The summed E-state index contributed by atoms with van der Waals surface area (Å²) in [6, 6.07) is 0. The Morgan fingerprint density at radius 1 is 1.00 bits per heavy atom. The van der Waals surface area contributed by atoms with E-state index in [0.29, 0.717) is 13.2 Å². The van der Waals surface area contributed by atoms with Crippen molar-refractivity contribution in [2.75, 3.05) is 13.2 Å². The van der Waals surface area contributed by atoms with Crippen LogP contribution in [0.2, 0.25) is 0 Å². The van der Waals surface area contributed by atoms with Gasteiger partial charge in [-0.05, 0) is 24.4 Å². The van der Waals surface area contributed by atoms with E-state index in [0.717, 1.165) is 0 Å². The molecule has 0 aromatic heterocycles. The minimum absolute atomic E-state index is 0. The summed E-state index contributed by atoms with van der Waals surface area (Å²) in [6.07, 6.45) is 3.16. The molecular formula is C8H15N2NaO2S2. The predicted molar refractivity (Wildman–Crippen MR) is 73.0 cm³/mol. The summed E-state index contributed by atoms with van der Waals surface area (Å²) in [7, 11) is 0. The quantitative estimate of drug-likeness (QED) is 0.427. The molecule has 0 aromatic carbocycles. The van der Waals surface area contributed by atoms with Crippen LogP contribution in [0.3, 0.4) is 0 Å². The van der Waals surface area contributed by atoms with Gasteiger partial charge in [0.15, 0.2) is 0 Å². The molecule has 0 radical (unpaired) electrons. The van der Waals surface area contributed by atoms with Crippen LogP contribution in [0.4, 0.5) is 0 Å². The van der Waals surface area contributed by atoms with Crippen molar-refractivity contribution in [3.05, 3.63) is 25.3 Å². The molecule has 0 heterocycles. The van der Waals surface area contributed by atoms with E-state index in [1.54, 1.807) is 12.2 Å². The molecule has 4 N–H and O–H groups in total. The van der Waals surface area contributed by atoms with Crippen molar-refractivity contribution in [3.63, 3.8) is 0 Å². The van der Waals surface area contributed by atoms with Crippen molar-refractivity contribution in [1.29, 1.82) is 0 Å². The van der Waals surface area contributed by atoms with Gasteiger partial charge in [0, 0.05) is 0 Å². The van der Waals surface area contributed by atoms with E-state index >= 15 is 0 Å². The zero-order chi connectivity index (χ0) is 11.4. The van der Waals surface area contributed by atoms with Crippen LogP contribution in [0.1, 0.15) is 0 Å². The molecule has 0 aromatic rings. The van der Waals surface area contributed by atoms with Gasteiger partial charge in [0.25, 0.3) is 10.3 Å². The number of hydrogen-bond acceptors (Lipinski definition) is 4. The first kappa shape index (κ1) is 20.3. The zero-order valence-electron chi connectivity index (χ0n) is 7.77. The van der Waals surface area contributed by atoms with Crippen molar-refractivity contribution >= 4 is 64.3 Å². The summed E-state index contributed by atoms with van der Waals surface area (Å²) < 4.78 is 9.16. The molecule has 0 bridgehead atoms. The van der Waals surface area contributed by atoms with Gasteiger partial charge in [0.05, 0.1) is 0 Å². The Morgan fingerprint density at radius 2 is 1.27 bits per heavy atom. The third-order valence-electron chi connectivity index (χ3n) is 0.687. The number of rotatable bonds is 4. The zero-order valence-corrected chi connectivity index (χ0v) is 9.40. The van der Waals surface area contributed by atoms with Crippen LogP contribution in [0, 0.1) is 0 Å². The first-order valence-corrected chi connectivity index (χ1v) is 4.42. The van der Waals surface area contributed by atoms with E-state index in [2.05, 4.69) is 47.1 Å². The van der Waals surface area contributed by atoms with Gasteiger partial charge in [-0.2, -0.15) is 0 Å². The molecule has 0 aliphatic carbocycles. The first-order valence-electron chi connectivity index (χ1n) is 3.60. The van der Waals surface area contributed by atoms with E-state index in [9.17, 15) is 0 Å². The molecule has 0 aliphatic heterocycles. The van der Waals surface area contributed by atoms with Crippen molar-refractivity contribution in [1.82, 2.24) is 0 Å². The van der Waals surface area contributed by atoms with Crippen molar-refractivity contribution < 1.29 is 9.47 Å². The van der Waals surface area contributed by atoms with Crippen molar-refractivity contribution in [2.24, 2.45) is 11.5 Å². The molecule has 0 atom stereocenters. The number of ether oxygens (including phenoxy) is 2. The number of hydrogen-bond donors (Lipinski definition) is 2. The second-order valence-corrected chi connectivity index (χ2v) is 2.64. The molecule has 4 nitrogen and oxygen atoms in total. The Kier molecular flexibility index (Phi) is 22.0. The topological polar surface area (TPSA) is 70.5 Å². The van der Waals surface area contributed by atoms with E-state index < -0.39 is 0 Å². The maximum absolute atomic E-state index is 4.94. The third kappa shape index (κ3) is 31.6. The van der Waals surface area contributed by atoms with Crippen molar-refractivity contribution in [3.8, 4) is 0 Å². The molecule has 0 saturated heterocycles. The molecule has 0 fully saturated rings. The molecule has 0 rings (SSSR count). The molecule has 7 heteroatoms. The standard InChI is InChI=1S/2C4H7NOS.Na.H/c2*1-2-3-6-4(5)7;;/h2*2H,1,3H2,(H2,5,7);;. The fourth-order valence-electron chi connectivity index (χ4n) is 0.282. The molecule has 0 unspecified atom stereocenters.